The predicted molar refractivity (Wildman–Crippen MR) is 139 cm³/mol. The van der Waals surface area contributed by atoms with E-state index in [1.54, 1.807) is 60.0 Å². The van der Waals surface area contributed by atoms with E-state index in [4.69, 9.17) is 4.74 Å². The molecule has 0 fully saturated rings. The summed E-state index contributed by atoms with van der Waals surface area (Å²) in [7, 11) is 0. The Morgan fingerprint density at radius 1 is 1.05 bits per heavy atom. The van der Waals surface area contributed by atoms with Crippen molar-refractivity contribution in [3.63, 3.8) is 0 Å². The molecular formula is C25H22FN5O4S2. The van der Waals surface area contributed by atoms with Gasteiger partial charge in [0.25, 0.3) is 5.91 Å². The molecular weight excluding hydrogens is 517 g/mol. The Balaban J connectivity index is 1.44. The summed E-state index contributed by atoms with van der Waals surface area (Å²) in [5.41, 5.74) is 1.50. The van der Waals surface area contributed by atoms with Gasteiger partial charge in [0.15, 0.2) is 11.0 Å². The Kier molecular flexibility index (Phi) is 8.64. The molecule has 2 heterocycles. The van der Waals surface area contributed by atoms with Crippen LogP contribution in [0.15, 0.2) is 71.2 Å². The number of hydrogen-bond donors (Lipinski definition) is 2. The molecule has 0 saturated heterocycles. The number of aromatic nitrogens is 3. The fourth-order valence-corrected chi connectivity index (χ4v) is 4.65. The van der Waals surface area contributed by atoms with Crippen LogP contribution in [0.5, 0.6) is 0 Å². The third-order valence-electron chi connectivity index (χ3n) is 4.95. The van der Waals surface area contributed by atoms with Crippen LogP contribution >= 0.6 is 23.1 Å². The first-order valence-corrected chi connectivity index (χ1v) is 13.0. The summed E-state index contributed by atoms with van der Waals surface area (Å²) < 4.78 is 20.1. The maximum absolute atomic E-state index is 13.5. The number of rotatable bonds is 10. The summed E-state index contributed by atoms with van der Waals surface area (Å²) in [5.74, 6) is -0.929. The Hall–Kier alpha value is -4.03. The number of amides is 2. The van der Waals surface area contributed by atoms with Crippen molar-refractivity contribution in [1.29, 1.82) is 0 Å². The minimum absolute atomic E-state index is 0.0144. The van der Waals surface area contributed by atoms with E-state index in [-0.39, 0.29) is 30.7 Å². The zero-order valence-corrected chi connectivity index (χ0v) is 21.3. The summed E-state index contributed by atoms with van der Waals surface area (Å²) in [6, 6.07) is 15.6. The van der Waals surface area contributed by atoms with E-state index >= 15 is 0 Å². The highest BCUT2D eigenvalue weighted by Crippen LogP contribution is 2.23. The number of halogens is 1. The van der Waals surface area contributed by atoms with Gasteiger partial charge in [0.1, 0.15) is 5.82 Å². The number of carbonyl (C=O) groups excluding carboxylic acids is 3. The monoisotopic (exact) mass is 539 g/mol. The number of thioether (sulfide) groups is 1. The van der Waals surface area contributed by atoms with Crippen molar-refractivity contribution in [2.24, 2.45) is 0 Å². The number of nitrogens with zero attached hydrogens (tertiary/aromatic N) is 3. The molecule has 4 rings (SSSR count). The van der Waals surface area contributed by atoms with Crippen LogP contribution in [0.25, 0.3) is 5.69 Å². The molecule has 0 radical (unpaired) electrons. The van der Waals surface area contributed by atoms with Crippen LogP contribution in [0.2, 0.25) is 0 Å². The van der Waals surface area contributed by atoms with Gasteiger partial charge in [-0.05, 0) is 66.9 Å². The number of hydrogen-bond acceptors (Lipinski definition) is 8. The topological polar surface area (TPSA) is 115 Å². The first-order valence-electron chi connectivity index (χ1n) is 11.2. The summed E-state index contributed by atoms with van der Waals surface area (Å²) in [5, 5.41) is 16.2. The first kappa shape index (κ1) is 26.0. The van der Waals surface area contributed by atoms with Gasteiger partial charge in [0.05, 0.1) is 29.3 Å². The lowest BCUT2D eigenvalue weighted by atomic mass is 10.2. The first-order chi connectivity index (χ1) is 17.9. The van der Waals surface area contributed by atoms with Gasteiger partial charge in [-0.3, -0.25) is 14.2 Å². The molecule has 0 aliphatic carbocycles. The van der Waals surface area contributed by atoms with Crippen molar-refractivity contribution in [3.05, 3.63) is 88.1 Å². The summed E-state index contributed by atoms with van der Waals surface area (Å²) in [6.07, 6.45) is 0. The lowest BCUT2D eigenvalue weighted by Gasteiger charge is -2.11. The van der Waals surface area contributed by atoms with Crippen LogP contribution in [0.1, 0.15) is 32.8 Å². The van der Waals surface area contributed by atoms with Crippen molar-refractivity contribution in [3.8, 4) is 5.69 Å². The molecule has 0 bridgehead atoms. The molecule has 2 amide bonds. The zero-order chi connectivity index (χ0) is 26.2. The molecule has 0 aliphatic rings. The fraction of sp³-hybridized carbons (Fsp3) is 0.160. The van der Waals surface area contributed by atoms with Crippen LogP contribution in [0.3, 0.4) is 0 Å². The second kappa shape index (κ2) is 12.3. The van der Waals surface area contributed by atoms with Crippen molar-refractivity contribution in [1.82, 2.24) is 20.1 Å². The standard InChI is InChI=1S/C25H22FN5O4S2/c1-2-35-24(34)16-5-9-18(10-6-16)28-22(32)15-37-25-30-29-21(14-27-23(33)20-4-3-13-36-20)31(25)19-11-7-17(26)8-12-19/h3-13H,2,14-15H2,1H3,(H,27,33)(H,28,32). The van der Waals surface area contributed by atoms with Gasteiger partial charge in [-0.1, -0.05) is 17.8 Å². The van der Waals surface area contributed by atoms with E-state index in [0.717, 1.165) is 11.8 Å². The van der Waals surface area contributed by atoms with Crippen LogP contribution in [0.4, 0.5) is 10.1 Å². The lowest BCUT2D eigenvalue weighted by Crippen LogP contribution is -2.24. The maximum atomic E-state index is 13.5. The summed E-state index contributed by atoms with van der Waals surface area (Å²) in [4.78, 5) is 37.3. The molecule has 37 heavy (non-hydrogen) atoms. The molecule has 0 unspecified atom stereocenters. The van der Waals surface area contributed by atoms with Gasteiger partial charge in [0.2, 0.25) is 5.91 Å². The summed E-state index contributed by atoms with van der Waals surface area (Å²) >= 11 is 2.46. The Bertz CT molecular complexity index is 1370. The SMILES string of the molecule is CCOC(=O)c1ccc(NC(=O)CSc2nnc(CNC(=O)c3cccs3)n2-c2ccc(F)cc2)cc1. The van der Waals surface area contributed by atoms with Gasteiger partial charge in [0, 0.05) is 11.4 Å². The maximum Gasteiger partial charge on any atom is 0.338 e. The van der Waals surface area contributed by atoms with E-state index < -0.39 is 11.8 Å². The molecule has 12 heteroatoms. The quantitative estimate of drug-likeness (QED) is 0.228. The van der Waals surface area contributed by atoms with Crippen LogP contribution < -0.4 is 10.6 Å². The molecule has 0 spiro atoms. The summed E-state index contributed by atoms with van der Waals surface area (Å²) in [6.45, 7) is 2.09. The molecule has 9 nitrogen and oxygen atoms in total. The van der Waals surface area contributed by atoms with Gasteiger partial charge >= 0.3 is 5.97 Å². The molecule has 2 aromatic carbocycles. The second-order valence-corrected chi connectivity index (χ2v) is 9.40. The van der Waals surface area contributed by atoms with E-state index in [0.29, 0.717) is 32.8 Å². The molecule has 190 valence electrons. The van der Waals surface area contributed by atoms with Crippen LogP contribution in [-0.4, -0.2) is 44.9 Å². The van der Waals surface area contributed by atoms with Crippen molar-refractivity contribution >= 4 is 46.6 Å². The third-order valence-corrected chi connectivity index (χ3v) is 6.75. The average molecular weight is 540 g/mol. The third kappa shape index (κ3) is 6.80. The number of thiophene rings is 1. The van der Waals surface area contributed by atoms with E-state index in [1.165, 1.54) is 23.5 Å². The number of esters is 1. The highest BCUT2D eigenvalue weighted by molar-refractivity contribution is 7.99. The van der Waals surface area contributed by atoms with E-state index in [2.05, 4.69) is 20.8 Å². The fourth-order valence-electron chi connectivity index (χ4n) is 3.24. The zero-order valence-electron chi connectivity index (χ0n) is 19.6. The average Bonchev–Trinajstić information content (AvgIpc) is 3.58. The largest absolute Gasteiger partial charge is 0.462 e. The molecule has 0 saturated carbocycles. The lowest BCUT2D eigenvalue weighted by molar-refractivity contribution is -0.113. The Morgan fingerprint density at radius 2 is 1.81 bits per heavy atom. The van der Waals surface area contributed by atoms with Gasteiger partial charge in [-0.2, -0.15) is 0 Å². The highest BCUT2D eigenvalue weighted by atomic mass is 32.2. The van der Waals surface area contributed by atoms with Gasteiger partial charge in [-0.25, -0.2) is 9.18 Å². The normalized spacial score (nSPS) is 10.6. The van der Waals surface area contributed by atoms with Crippen molar-refractivity contribution < 1.29 is 23.5 Å². The number of benzene rings is 2. The predicted octanol–water partition coefficient (Wildman–Crippen LogP) is 4.31. The number of anilines is 1. The Morgan fingerprint density at radius 3 is 2.49 bits per heavy atom. The molecule has 0 aliphatic heterocycles. The number of carbonyl (C=O) groups is 3. The van der Waals surface area contributed by atoms with Gasteiger partial charge in [-0.15, -0.1) is 21.5 Å². The minimum atomic E-state index is -0.432. The second-order valence-electron chi connectivity index (χ2n) is 7.51. The van der Waals surface area contributed by atoms with Crippen LogP contribution in [-0.2, 0) is 16.1 Å². The van der Waals surface area contributed by atoms with Crippen molar-refractivity contribution in [2.75, 3.05) is 17.7 Å². The molecule has 2 aromatic heterocycles. The van der Waals surface area contributed by atoms with E-state index in [9.17, 15) is 18.8 Å². The smallest absolute Gasteiger partial charge is 0.338 e. The van der Waals surface area contributed by atoms with E-state index in [1.807, 2.05) is 5.38 Å². The van der Waals surface area contributed by atoms with Gasteiger partial charge < -0.3 is 15.4 Å². The molecule has 0 atom stereocenters. The minimum Gasteiger partial charge on any atom is -0.462 e. The Labute approximate surface area is 220 Å². The molecule has 4 aromatic rings. The number of nitrogens with one attached hydrogen (secondary N) is 2. The number of ether oxygens (including phenoxy) is 1. The highest BCUT2D eigenvalue weighted by Gasteiger charge is 2.18. The van der Waals surface area contributed by atoms with Crippen LogP contribution in [0, 0.1) is 5.82 Å². The van der Waals surface area contributed by atoms with Crippen molar-refractivity contribution in [2.45, 2.75) is 18.6 Å². The molecule has 2 N–H and O–H groups in total.